The highest BCUT2D eigenvalue weighted by molar-refractivity contribution is 5.68. The summed E-state index contributed by atoms with van der Waals surface area (Å²) >= 11 is 0. The van der Waals surface area contributed by atoms with Crippen LogP contribution in [0.2, 0.25) is 0 Å². The minimum Gasteiger partial charge on any atom is -0.491 e. The number of aliphatic hydroxyl groups is 3. The number of ether oxygens (including phenoxy) is 2. The molecule has 0 unspecified atom stereocenters. The maximum atomic E-state index is 11.0. The highest BCUT2D eigenvalue weighted by atomic mass is 16.5. The summed E-state index contributed by atoms with van der Waals surface area (Å²) in [5.41, 5.74) is 0. The van der Waals surface area contributed by atoms with Gasteiger partial charge in [-0.2, -0.15) is 0 Å². The highest BCUT2D eigenvalue weighted by Crippen LogP contribution is 2.09. The van der Waals surface area contributed by atoms with E-state index in [1.165, 1.54) is 13.2 Å². The third-order valence-electron chi connectivity index (χ3n) is 3.86. The van der Waals surface area contributed by atoms with Gasteiger partial charge in [0.2, 0.25) is 0 Å². The first-order valence-corrected chi connectivity index (χ1v) is 9.50. The van der Waals surface area contributed by atoms with Crippen molar-refractivity contribution in [3.63, 3.8) is 0 Å². The Morgan fingerprint density at radius 2 is 1.59 bits per heavy atom. The fourth-order valence-corrected chi connectivity index (χ4v) is 2.21. The molecule has 6 heteroatoms. The Labute approximate surface area is 172 Å². The molecule has 3 atom stereocenters. The Kier molecular flexibility index (Phi) is 12.8. The zero-order chi connectivity index (χ0) is 21.3. The molecule has 0 spiro atoms. The molecule has 0 aliphatic heterocycles. The number of esters is 1. The molecular formula is C23H30O6. The standard InChI is InChI=1S/C23H30O6/c1-28-23(27)17-11-13-19(24)12-7-4-2-3-5-10-16-21(25)22(26)18-29-20-14-8-6-9-15-20/h2-10,12,14-16,19,21-22,24-26H,11,13,17-18H2,1H3/b4-2-,5-3+,12-7+,16-10+/t19-,21-,22+/m1/s1. The van der Waals surface area contributed by atoms with Gasteiger partial charge in [-0.1, -0.05) is 66.8 Å². The lowest BCUT2D eigenvalue weighted by atomic mass is 10.1. The van der Waals surface area contributed by atoms with E-state index < -0.39 is 18.3 Å². The molecule has 0 fully saturated rings. The van der Waals surface area contributed by atoms with E-state index in [0.29, 0.717) is 25.0 Å². The van der Waals surface area contributed by atoms with Crippen molar-refractivity contribution in [1.29, 1.82) is 0 Å². The number of allylic oxidation sites excluding steroid dienone is 6. The average Bonchev–Trinajstić information content (AvgIpc) is 2.74. The largest absolute Gasteiger partial charge is 0.491 e. The Bertz CT molecular complexity index is 678. The maximum Gasteiger partial charge on any atom is 0.305 e. The second-order valence-electron chi connectivity index (χ2n) is 6.26. The Morgan fingerprint density at radius 1 is 0.966 bits per heavy atom. The van der Waals surface area contributed by atoms with Crippen LogP contribution in [0.4, 0.5) is 0 Å². The first kappa shape index (κ1) is 24.4. The van der Waals surface area contributed by atoms with Gasteiger partial charge in [0.1, 0.15) is 24.6 Å². The topological polar surface area (TPSA) is 96.2 Å². The minimum absolute atomic E-state index is 0.00805. The van der Waals surface area contributed by atoms with Gasteiger partial charge in [-0.3, -0.25) is 4.79 Å². The number of carbonyl (C=O) groups excluding carboxylic acids is 1. The molecule has 0 aliphatic rings. The van der Waals surface area contributed by atoms with Crippen LogP contribution in [0.1, 0.15) is 19.3 Å². The van der Waals surface area contributed by atoms with E-state index >= 15 is 0 Å². The van der Waals surface area contributed by atoms with Gasteiger partial charge in [0.05, 0.1) is 13.2 Å². The molecule has 0 saturated carbocycles. The molecular weight excluding hydrogens is 372 g/mol. The van der Waals surface area contributed by atoms with Crippen molar-refractivity contribution >= 4 is 5.97 Å². The Morgan fingerprint density at radius 3 is 2.24 bits per heavy atom. The van der Waals surface area contributed by atoms with Crippen LogP contribution in [0, 0.1) is 0 Å². The summed E-state index contributed by atoms with van der Waals surface area (Å²) in [6, 6.07) is 9.09. The second kappa shape index (κ2) is 15.3. The van der Waals surface area contributed by atoms with Gasteiger partial charge in [-0.25, -0.2) is 0 Å². The summed E-state index contributed by atoms with van der Waals surface area (Å²) in [5.74, 6) is 0.357. The monoisotopic (exact) mass is 402 g/mol. The summed E-state index contributed by atoms with van der Waals surface area (Å²) < 4.78 is 9.93. The normalized spacial score (nSPS) is 15.3. The van der Waals surface area contributed by atoms with E-state index in [2.05, 4.69) is 4.74 Å². The van der Waals surface area contributed by atoms with Crippen molar-refractivity contribution in [2.75, 3.05) is 13.7 Å². The van der Waals surface area contributed by atoms with Crippen LogP contribution in [0.15, 0.2) is 78.9 Å². The number of aliphatic hydroxyl groups excluding tert-OH is 3. The number of para-hydroxylation sites is 1. The van der Waals surface area contributed by atoms with Gasteiger partial charge in [-0.15, -0.1) is 0 Å². The predicted octanol–water partition coefficient (Wildman–Crippen LogP) is 2.72. The molecule has 0 radical (unpaired) electrons. The van der Waals surface area contributed by atoms with Crippen molar-refractivity contribution in [3.05, 3.63) is 78.9 Å². The van der Waals surface area contributed by atoms with E-state index in [-0.39, 0.29) is 12.6 Å². The molecule has 1 aromatic rings. The number of rotatable bonds is 13. The van der Waals surface area contributed by atoms with Crippen molar-refractivity contribution in [2.45, 2.75) is 37.6 Å². The average molecular weight is 402 g/mol. The number of hydrogen-bond donors (Lipinski definition) is 3. The van der Waals surface area contributed by atoms with Gasteiger partial charge >= 0.3 is 5.97 Å². The van der Waals surface area contributed by atoms with Gasteiger partial charge in [0.15, 0.2) is 0 Å². The number of benzene rings is 1. The second-order valence-corrected chi connectivity index (χ2v) is 6.26. The lowest BCUT2D eigenvalue weighted by molar-refractivity contribution is -0.140. The number of carbonyl (C=O) groups is 1. The van der Waals surface area contributed by atoms with E-state index in [9.17, 15) is 20.1 Å². The smallest absolute Gasteiger partial charge is 0.305 e. The van der Waals surface area contributed by atoms with Gasteiger partial charge < -0.3 is 24.8 Å². The fourth-order valence-electron chi connectivity index (χ4n) is 2.21. The molecule has 3 N–H and O–H groups in total. The third kappa shape index (κ3) is 12.4. The summed E-state index contributed by atoms with van der Waals surface area (Å²) in [4.78, 5) is 11.0. The summed E-state index contributed by atoms with van der Waals surface area (Å²) in [7, 11) is 1.34. The molecule has 6 nitrogen and oxygen atoms in total. The molecule has 1 aromatic carbocycles. The third-order valence-corrected chi connectivity index (χ3v) is 3.86. The fraction of sp³-hybridized carbons (Fsp3) is 0.348. The molecule has 1 rings (SSSR count). The van der Waals surface area contributed by atoms with Crippen LogP contribution in [-0.4, -0.2) is 53.3 Å². The van der Waals surface area contributed by atoms with Crippen LogP contribution < -0.4 is 4.74 Å². The van der Waals surface area contributed by atoms with E-state index in [0.717, 1.165) is 0 Å². The lowest BCUT2D eigenvalue weighted by Crippen LogP contribution is -2.30. The Hall–Kier alpha value is -2.67. The molecule has 0 amide bonds. The van der Waals surface area contributed by atoms with Crippen molar-refractivity contribution in [3.8, 4) is 5.75 Å². The first-order chi connectivity index (χ1) is 14.0. The van der Waals surface area contributed by atoms with Crippen LogP contribution in [0.5, 0.6) is 5.75 Å². The maximum absolute atomic E-state index is 11.0. The van der Waals surface area contributed by atoms with E-state index in [1.54, 1.807) is 54.7 Å². The van der Waals surface area contributed by atoms with Gasteiger partial charge in [0, 0.05) is 6.42 Å². The zero-order valence-corrected chi connectivity index (χ0v) is 16.6. The zero-order valence-electron chi connectivity index (χ0n) is 16.6. The van der Waals surface area contributed by atoms with Crippen LogP contribution >= 0.6 is 0 Å². The van der Waals surface area contributed by atoms with Crippen molar-refractivity contribution in [1.82, 2.24) is 0 Å². The summed E-state index contributed by atoms with van der Waals surface area (Å²) in [5, 5.41) is 29.5. The van der Waals surface area contributed by atoms with Crippen molar-refractivity contribution < 1.29 is 29.6 Å². The molecule has 0 bridgehead atoms. The van der Waals surface area contributed by atoms with Crippen molar-refractivity contribution in [2.24, 2.45) is 0 Å². The van der Waals surface area contributed by atoms with E-state index in [4.69, 9.17) is 4.74 Å². The van der Waals surface area contributed by atoms with Crippen LogP contribution in [0.3, 0.4) is 0 Å². The SMILES string of the molecule is COC(=O)CCC[C@H](O)/C=C/C=C\C=C\C=C\[C@@H](O)[C@@H](O)COc1ccccc1. The molecule has 29 heavy (non-hydrogen) atoms. The molecule has 0 heterocycles. The lowest BCUT2D eigenvalue weighted by Gasteiger charge is -2.15. The minimum atomic E-state index is -1.03. The summed E-state index contributed by atoms with van der Waals surface area (Å²) in [6.45, 7) is -0.00805. The number of methoxy groups -OCH3 is 1. The molecule has 158 valence electrons. The molecule has 0 aromatic heterocycles. The van der Waals surface area contributed by atoms with Crippen LogP contribution in [-0.2, 0) is 9.53 Å². The highest BCUT2D eigenvalue weighted by Gasteiger charge is 2.13. The van der Waals surface area contributed by atoms with Gasteiger partial charge in [-0.05, 0) is 25.0 Å². The Balaban J connectivity index is 2.22. The molecule has 0 saturated heterocycles. The van der Waals surface area contributed by atoms with Gasteiger partial charge in [0.25, 0.3) is 0 Å². The van der Waals surface area contributed by atoms with E-state index in [1.807, 2.05) is 18.2 Å². The number of hydrogen-bond acceptors (Lipinski definition) is 6. The first-order valence-electron chi connectivity index (χ1n) is 9.50. The molecule has 0 aliphatic carbocycles. The summed E-state index contributed by atoms with van der Waals surface area (Å²) in [6.07, 6.45) is 12.1. The predicted molar refractivity (Wildman–Crippen MR) is 112 cm³/mol. The van der Waals surface area contributed by atoms with Crippen LogP contribution in [0.25, 0.3) is 0 Å². The quantitative estimate of drug-likeness (QED) is 0.347.